The van der Waals surface area contributed by atoms with Crippen molar-refractivity contribution >= 4 is 41.1 Å². The Morgan fingerprint density at radius 3 is 2.68 bits per heavy atom. The number of carbonyl (C=O) groups is 2. The molecule has 1 N–H and O–H groups in total. The second kappa shape index (κ2) is 13.4. The van der Waals surface area contributed by atoms with Crippen LogP contribution in [0.25, 0.3) is 6.08 Å². The summed E-state index contributed by atoms with van der Waals surface area (Å²) in [6.07, 6.45) is 7.56. The number of likely N-dealkylation sites (tertiary alicyclic amines) is 1. The molecule has 0 radical (unpaired) electrons. The maximum Gasteiger partial charge on any atom is 0.246 e. The number of amides is 2. The molecule has 7 nitrogen and oxygen atoms in total. The van der Waals surface area contributed by atoms with Gasteiger partial charge in [0.15, 0.2) is 0 Å². The molecule has 34 heavy (non-hydrogen) atoms. The Kier molecular flexibility index (Phi) is 10.7. The normalized spacial score (nSPS) is 22.4. The number of hydrogen-bond acceptors (Lipinski definition) is 5. The van der Waals surface area contributed by atoms with Crippen molar-refractivity contribution in [1.29, 1.82) is 0 Å². The molecule has 2 saturated heterocycles. The minimum absolute atomic E-state index is 0.0921. The monoisotopic (exact) mass is 511 g/mol. The summed E-state index contributed by atoms with van der Waals surface area (Å²) >= 11 is 12.0. The van der Waals surface area contributed by atoms with Crippen molar-refractivity contribution in [2.75, 3.05) is 53.0 Å². The third-order valence-electron chi connectivity index (χ3n) is 6.71. The Balaban J connectivity index is 1.43. The first kappa shape index (κ1) is 27.0. The molecule has 188 valence electrons. The van der Waals surface area contributed by atoms with Gasteiger partial charge in [0.25, 0.3) is 0 Å². The quantitative estimate of drug-likeness (QED) is 0.406. The standard InChI is InChI=1S/C25H35Cl2N3O4/c1-34-21-7-6-20(18-31)30(17-21)12-3-2-11-28-14-15-29(13-10-25(28)33)24(32)9-5-19-4-8-22(26)23(27)16-19/h4-5,8-9,16,20-21,31H,2-3,6-7,10-15,17-18H2,1H3/b9-5+. The number of unbranched alkanes of at least 4 members (excludes halogenated alkanes) is 1. The molecule has 0 bridgehead atoms. The summed E-state index contributed by atoms with van der Waals surface area (Å²) < 4.78 is 5.50. The molecule has 0 aliphatic carbocycles. The summed E-state index contributed by atoms with van der Waals surface area (Å²) in [7, 11) is 1.74. The number of rotatable bonds is 9. The number of halogens is 2. The number of piperidine rings is 1. The fraction of sp³-hybridized carbons (Fsp3) is 0.600. The van der Waals surface area contributed by atoms with E-state index in [9.17, 15) is 14.7 Å². The molecule has 2 atom stereocenters. The van der Waals surface area contributed by atoms with E-state index in [0.717, 1.165) is 44.3 Å². The third kappa shape index (κ3) is 7.68. The minimum Gasteiger partial charge on any atom is -0.395 e. The zero-order valence-corrected chi connectivity index (χ0v) is 21.3. The van der Waals surface area contributed by atoms with Crippen molar-refractivity contribution in [3.8, 4) is 0 Å². The second-order valence-corrected chi connectivity index (χ2v) is 9.75. The van der Waals surface area contributed by atoms with Gasteiger partial charge in [0, 0.05) is 58.4 Å². The predicted octanol–water partition coefficient (Wildman–Crippen LogP) is 3.32. The Hall–Kier alpha value is -1.64. The highest BCUT2D eigenvalue weighted by atomic mass is 35.5. The van der Waals surface area contributed by atoms with Crippen molar-refractivity contribution in [2.24, 2.45) is 0 Å². The molecule has 0 saturated carbocycles. The predicted molar refractivity (Wildman–Crippen MR) is 135 cm³/mol. The van der Waals surface area contributed by atoms with Crippen LogP contribution in [0.1, 0.15) is 37.7 Å². The van der Waals surface area contributed by atoms with Gasteiger partial charge in [0.05, 0.1) is 22.8 Å². The van der Waals surface area contributed by atoms with Crippen LogP contribution in [0, 0.1) is 0 Å². The molecule has 2 fully saturated rings. The first-order chi connectivity index (χ1) is 16.4. The molecule has 2 aliphatic heterocycles. The summed E-state index contributed by atoms with van der Waals surface area (Å²) in [5.74, 6) is -0.0250. The Bertz CT molecular complexity index is 867. The lowest BCUT2D eigenvalue weighted by Gasteiger charge is -2.38. The van der Waals surface area contributed by atoms with Gasteiger partial charge in [-0.15, -0.1) is 0 Å². The van der Waals surface area contributed by atoms with E-state index in [0.29, 0.717) is 42.6 Å². The van der Waals surface area contributed by atoms with Crippen LogP contribution >= 0.6 is 23.2 Å². The lowest BCUT2D eigenvalue weighted by atomic mass is 10.00. The molecule has 0 aromatic heterocycles. The number of aliphatic hydroxyl groups is 1. The van der Waals surface area contributed by atoms with E-state index in [-0.39, 0.29) is 30.6 Å². The smallest absolute Gasteiger partial charge is 0.246 e. The zero-order chi connectivity index (χ0) is 24.5. The van der Waals surface area contributed by atoms with Gasteiger partial charge in [-0.1, -0.05) is 29.3 Å². The highest BCUT2D eigenvalue weighted by molar-refractivity contribution is 6.42. The van der Waals surface area contributed by atoms with E-state index in [2.05, 4.69) is 4.90 Å². The lowest BCUT2D eigenvalue weighted by molar-refractivity contribution is -0.130. The van der Waals surface area contributed by atoms with E-state index in [1.807, 2.05) is 4.90 Å². The van der Waals surface area contributed by atoms with Gasteiger partial charge in [0.2, 0.25) is 11.8 Å². The number of benzene rings is 1. The van der Waals surface area contributed by atoms with Gasteiger partial charge in [-0.05, 0) is 56.0 Å². The van der Waals surface area contributed by atoms with Gasteiger partial charge >= 0.3 is 0 Å². The summed E-state index contributed by atoms with van der Waals surface area (Å²) in [6.45, 7) is 4.07. The van der Waals surface area contributed by atoms with Crippen LogP contribution in [0.2, 0.25) is 10.0 Å². The van der Waals surface area contributed by atoms with Crippen LogP contribution in [0.3, 0.4) is 0 Å². The van der Waals surface area contributed by atoms with E-state index in [1.54, 1.807) is 36.3 Å². The van der Waals surface area contributed by atoms with E-state index in [1.165, 1.54) is 6.08 Å². The summed E-state index contributed by atoms with van der Waals surface area (Å²) in [6, 6.07) is 5.40. The van der Waals surface area contributed by atoms with Gasteiger partial charge in [-0.25, -0.2) is 0 Å². The van der Waals surface area contributed by atoms with E-state index >= 15 is 0 Å². The van der Waals surface area contributed by atoms with Crippen LogP contribution in [-0.2, 0) is 14.3 Å². The van der Waals surface area contributed by atoms with Crippen molar-refractivity contribution < 1.29 is 19.4 Å². The number of nitrogens with zero attached hydrogens (tertiary/aromatic N) is 3. The van der Waals surface area contributed by atoms with Crippen molar-refractivity contribution in [1.82, 2.24) is 14.7 Å². The fourth-order valence-corrected chi connectivity index (χ4v) is 4.87. The number of aliphatic hydroxyl groups excluding tert-OH is 1. The molecule has 3 rings (SSSR count). The average molecular weight is 512 g/mol. The van der Waals surface area contributed by atoms with Crippen LogP contribution in [0.4, 0.5) is 0 Å². The summed E-state index contributed by atoms with van der Waals surface area (Å²) in [5, 5.41) is 10.6. The first-order valence-corrected chi connectivity index (χ1v) is 12.7. The molecule has 1 aromatic rings. The maximum atomic E-state index is 12.6. The molecule has 1 aromatic carbocycles. The fourth-order valence-electron chi connectivity index (χ4n) is 4.57. The van der Waals surface area contributed by atoms with Crippen LogP contribution < -0.4 is 0 Å². The molecule has 9 heteroatoms. The molecule has 2 unspecified atom stereocenters. The maximum absolute atomic E-state index is 12.6. The van der Waals surface area contributed by atoms with Gasteiger partial charge < -0.3 is 19.6 Å². The summed E-state index contributed by atoms with van der Waals surface area (Å²) in [5.41, 5.74) is 0.796. The van der Waals surface area contributed by atoms with Gasteiger partial charge in [-0.2, -0.15) is 0 Å². The molecule has 0 spiro atoms. The van der Waals surface area contributed by atoms with E-state index < -0.39 is 0 Å². The third-order valence-corrected chi connectivity index (χ3v) is 7.44. The number of ether oxygens (including phenoxy) is 1. The summed E-state index contributed by atoms with van der Waals surface area (Å²) in [4.78, 5) is 31.1. The van der Waals surface area contributed by atoms with Crippen molar-refractivity contribution in [2.45, 2.75) is 44.2 Å². The van der Waals surface area contributed by atoms with Gasteiger partial charge in [0.1, 0.15) is 0 Å². The average Bonchev–Trinajstić information content (AvgIpc) is 3.03. The second-order valence-electron chi connectivity index (χ2n) is 8.94. The highest BCUT2D eigenvalue weighted by Gasteiger charge is 2.27. The first-order valence-electron chi connectivity index (χ1n) is 12.0. The molecular formula is C25H35Cl2N3O4. The molecule has 2 heterocycles. The van der Waals surface area contributed by atoms with Gasteiger partial charge in [-0.3, -0.25) is 14.5 Å². The topological polar surface area (TPSA) is 73.3 Å². The number of hydrogen-bond donors (Lipinski definition) is 1. The lowest BCUT2D eigenvalue weighted by Crippen LogP contribution is -2.48. The molecular weight excluding hydrogens is 477 g/mol. The molecule has 2 amide bonds. The number of methoxy groups -OCH3 is 1. The minimum atomic E-state index is -0.117. The van der Waals surface area contributed by atoms with Crippen LogP contribution in [-0.4, -0.2) is 96.8 Å². The SMILES string of the molecule is COC1CCC(CO)N(CCCCN2CCN(C(=O)/C=C/c3ccc(Cl)c(Cl)c3)CCC2=O)C1. The largest absolute Gasteiger partial charge is 0.395 e. The Morgan fingerprint density at radius 1 is 1.15 bits per heavy atom. The highest BCUT2D eigenvalue weighted by Crippen LogP contribution is 2.23. The van der Waals surface area contributed by atoms with E-state index in [4.69, 9.17) is 27.9 Å². The Labute approximate surface area is 212 Å². The van der Waals surface area contributed by atoms with Crippen molar-refractivity contribution in [3.63, 3.8) is 0 Å². The van der Waals surface area contributed by atoms with Crippen LogP contribution in [0.15, 0.2) is 24.3 Å². The Morgan fingerprint density at radius 2 is 1.94 bits per heavy atom. The van der Waals surface area contributed by atoms with Crippen LogP contribution in [0.5, 0.6) is 0 Å². The zero-order valence-electron chi connectivity index (χ0n) is 19.8. The number of carbonyl (C=O) groups excluding carboxylic acids is 2. The van der Waals surface area contributed by atoms with Crippen molar-refractivity contribution in [3.05, 3.63) is 39.9 Å². The molecule has 2 aliphatic rings.